The fourth-order valence-corrected chi connectivity index (χ4v) is 4.43. The molecule has 132 valence electrons. The number of carboxylic acid groups (broad SMARTS) is 1. The minimum absolute atomic E-state index is 0. The molecule has 2 aliphatic rings. The highest BCUT2D eigenvalue weighted by molar-refractivity contribution is 7.98. The van der Waals surface area contributed by atoms with Gasteiger partial charge >= 0.3 is 5.97 Å². The van der Waals surface area contributed by atoms with Crippen LogP contribution in [0.1, 0.15) is 19.3 Å². The average molecular weight is 371 g/mol. The van der Waals surface area contributed by atoms with Crippen LogP contribution in [0.15, 0.2) is 29.2 Å². The summed E-state index contributed by atoms with van der Waals surface area (Å²) >= 11 is 1.63. The van der Waals surface area contributed by atoms with Crippen LogP contribution >= 0.6 is 24.2 Å². The van der Waals surface area contributed by atoms with E-state index in [1.807, 2.05) is 35.4 Å². The maximum atomic E-state index is 12.3. The zero-order valence-corrected chi connectivity index (χ0v) is 15.3. The molecule has 7 heteroatoms. The lowest BCUT2D eigenvalue weighted by atomic mass is 9.81. The number of thioether (sulfide) groups is 1. The van der Waals surface area contributed by atoms with Gasteiger partial charge in [-0.1, -0.05) is 12.5 Å². The number of aliphatic carboxylic acids is 1. The van der Waals surface area contributed by atoms with Gasteiger partial charge in [-0.3, -0.25) is 14.5 Å². The number of hydrogen-bond acceptors (Lipinski definition) is 4. The highest BCUT2D eigenvalue weighted by Crippen LogP contribution is 2.48. The molecule has 24 heavy (non-hydrogen) atoms. The van der Waals surface area contributed by atoms with Crippen molar-refractivity contribution in [1.29, 1.82) is 0 Å². The molecular weight excluding hydrogens is 348 g/mol. The first kappa shape index (κ1) is 19.1. The van der Waals surface area contributed by atoms with Crippen LogP contribution < -0.4 is 5.32 Å². The van der Waals surface area contributed by atoms with Gasteiger partial charge in [-0.15, -0.1) is 24.2 Å². The number of amides is 1. The van der Waals surface area contributed by atoms with Crippen molar-refractivity contribution >= 4 is 41.7 Å². The molecule has 1 aromatic rings. The van der Waals surface area contributed by atoms with Gasteiger partial charge in [0.15, 0.2) is 0 Å². The first-order valence-corrected chi connectivity index (χ1v) is 9.15. The van der Waals surface area contributed by atoms with Crippen molar-refractivity contribution in [2.45, 2.75) is 24.2 Å². The van der Waals surface area contributed by atoms with E-state index < -0.39 is 11.4 Å². The van der Waals surface area contributed by atoms with E-state index in [0.717, 1.165) is 29.8 Å². The van der Waals surface area contributed by atoms with Crippen LogP contribution in [0.4, 0.5) is 5.69 Å². The normalized spacial score (nSPS) is 25.8. The molecule has 0 aromatic heterocycles. The Morgan fingerprint density at radius 2 is 2.25 bits per heavy atom. The maximum Gasteiger partial charge on any atom is 0.311 e. The number of nitrogens with zero attached hydrogens (tertiary/aromatic N) is 1. The minimum Gasteiger partial charge on any atom is -0.481 e. The van der Waals surface area contributed by atoms with Crippen molar-refractivity contribution in [3.8, 4) is 0 Å². The van der Waals surface area contributed by atoms with E-state index in [9.17, 15) is 14.7 Å². The minimum atomic E-state index is -0.699. The molecule has 1 aromatic carbocycles. The van der Waals surface area contributed by atoms with Crippen LogP contribution in [0.2, 0.25) is 0 Å². The number of carbonyl (C=O) groups excluding carboxylic acids is 1. The summed E-state index contributed by atoms with van der Waals surface area (Å²) < 4.78 is 0. The molecule has 2 atom stereocenters. The number of halogens is 1. The lowest BCUT2D eigenvalue weighted by molar-refractivity contribution is -0.149. The number of rotatable bonds is 5. The van der Waals surface area contributed by atoms with Gasteiger partial charge in [-0.2, -0.15) is 0 Å². The molecule has 1 aliphatic heterocycles. The van der Waals surface area contributed by atoms with Crippen molar-refractivity contribution in [1.82, 2.24) is 4.90 Å². The molecule has 0 radical (unpaired) electrons. The van der Waals surface area contributed by atoms with Crippen molar-refractivity contribution in [3.05, 3.63) is 24.3 Å². The van der Waals surface area contributed by atoms with Gasteiger partial charge in [0.1, 0.15) is 0 Å². The van der Waals surface area contributed by atoms with E-state index in [1.165, 1.54) is 0 Å². The summed E-state index contributed by atoms with van der Waals surface area (Å²) in [6, 6.07) is 7.73. The number of nitrogens with one attached hydrogen (secondary N) is 1. The molecule has 1 amide bonds. The average Bonchev–Trinajstić information content (AvgIpc) is 3.05. The summed E-state index contributed by atoms with van der Waals surface area (Å²) in [4.78, 5) is 27.0. The molecule has 1 saturated heterocycles. The summed E-state index contributed by atoms with van der Waals surface area (Å²) in [5.41, 5.74) is 0.160. The number of anilines is 1. The molecule has 2 N–H and O–H groups in total. The summed E-state index contributed by atoms with van der Waals surface area (Å²) in [6.07, 6.45) is 4.68. The van der Waals surface area contributed by atoms with E-state index in [4.69, 9.17) is 0 Å². The van der Waals surface area contributed by atoms with E-state index in [0.29, 0.717) is 13.1 Å². The van der Waals surface area contributed by atoms with Gasteiger partial charge < -0.3 is 10.4 Å². The van der Waals surface area contributed by atoms with Crippen LogP contribution in [0.5, 0.6) is 0 Å². The third-order valence-corrected chi connectivity index (χ3v) is 5.81. The van der Waals surface area contributed by atoms with Gasteiger partial charge in [-0.05, 0) is 43.2 Å². The van der Waals surface area contributed by atoms with Gasteiger partial charge in [0.25, 0.3) is 0 Å². The number of benzene rings is 1. The molecule has 1 aliphatic carbocycles. The second kappa shape index (κ2) is 7.76. The topological polar surface area (TPSA) is 69.6 Å². The molecule has 1 heterocycles. The SMILES string of the molecule is CSc1cccc(NC(=O)CN2C[C@@H]3CCC[C@@]3(C(=O)O)C2)c1.Cl. The molecule has 0 unspecified atom stereocenters. The van der Waals surface area contributed by atoms with Crippen molar-refractivity contribution in [3.63, 3.8) is 0 Å². The zero-order chi connectivity index (χ0) is 16.4. The number of likely N-dealkylation sites (tertiary alicyclic amines) is 1. The van der Waals surface area contributed by atoms with E-state index in [2.05, 4.69) is 5.32 Å². The monoisotopic (exact) mass is 370 g/mol. The fourth-order valence-electron chi connectivity index (χ4n) is 3.97. The second-order valence-corrected chi connectivity index (χ2v) is 7.38. The second-order valence-electron chi connectivity index (χ2n) is 6.50. The molecule has 5 nitrogen and oxygen atoms in total. The van der Waals surface area contributed by atoms with Crippen LogP contribution in [-0.4, -0.2) is 47.8 Å². The van der Waals surface area contributed by atoms with Gasteiger partial charge in [0.2, 0.25) is 5.91 Å². The Bertz CT molecular complexity index is 628. The Balaban J connectivity index is 0.00000208. The molecule has 0 bridgehead atoms. The number of carbonyl (C=O) groups is 2. The quantitative estimate of drug-likeness (QED) is 0.780. The molecular formula is C17H23ClN2O3S. The lowest BCUT2D eigenvalue weighted by Gasteiger charge is -2.23. The summed E-state index contributed by atoms with van der Waals surface area (Å²) in [5.74, 6) is -0.591. The third-order valence-electron chi connectivity index (χ3n) is 5.09. The molecule has 3 rings (SSSR count). The van der Waals surface area contributed by atoms with Crippen LogP contribution in [0.25, 0.3) is 0 Å². The fraction of sp³-hybridized carbons (Fsp3) is 0.529. The van der Waals surface area contributed by atoms with Crippen molar-refractivity contribution in [2.24, 2.45) is 11.3 Å². The number of carboxylic acids is 1. The highest BCUT2D eigenvalue weighted by Gasteiger charge is 2.54. The van der Waals surface area contributed by atoms with Crippen LogP contribution in [0.3, 0.4) is 0 Å². The maximum absolute atomic E-state index is 12.3. The Hall–Kier alpha value is -1.24. The van der Waals surface area contributed by atoms with E-state index >= 15 is 0 Å². The van der Waals surface area contributed by atoms with Gasteiger partial charge in [-0.25, -0.2) is 0 Å². The first-order valence-electron chi connectivity index (χ1n) is 7.93. The Morgan fingerprint density at radius 1 is 1.46 bits per heavy atom. The van der Waals surface area contributed by atoms with E-state index in [1.54, 1.807) is 11.8 Å². The van der Waals surface area contributed by atoms with Crippen molar-refractivity contribution in [2.75, 3.05) is 31.2 Å². The predicted octanol–water partition coefficient (Wildman–Crippen LogP) is 2.96. The largest absolute Gasteiger partial charge is 0.481 e. The highest BCUT2D eigenvalue weighted by atomic mass is 35.5. The standard InChI is InChI=1S/C17H22N2O3S.ClH/c1-23-14-6-2-5-13(8-14)18-15(20)10-19-9-12-4-3-7-17(12,11-19)16(21)22;/h2,5-6,8,12H,3-4,7,9-11H2,1H3,(H,18,20)(H,21,22);1H/t12-,17+;/m0./s1. The number of hydrogen-bond donors (Lipinski definition) is 2. The molecule has 0 spiro atoms. The summed E-state index contributed by atoms with van der Waals surface area (Å²) in [5, 5.41) is 12.5. The Kier molecular flexibility index (Phi) is 6.17. The summed E-state index contributed by atoms with van der Waals surface area (Å²) in [6.45, 7) is 1.46. The summed E-state index contributed by atoms with van der Waals surface area (Å²) in [7, 11) is 0. The lowest BCUT2D eigenvalue weighted by Crippen LogP contribution is -2.37. The number of fused-ring (bicyclic) bond motifs is 1. The first-order chi connectivity index (χ1) is 11.0. The van der Waals surface area contributed by atoms with Crippen LogP contribution in [-0.2, 0) is 9.59 Å². The van der Waals surface area contributed by atoms with Crippen molar-refractivity contribution < 1.29 is 14.7 Å². The van der Waals surface area contributed by atoms with Gasteiger partial charge in [0, 0.05) is 23.7 Å². The Morgan fingerprint density at radius 3 is 2.92 bits per heavy atom. The van der Waals surface area contributed by atoms with E-state index in [-0.39, 0.29) is 30.8 Å². The molecule has 2 fully saturated rings. The van der Waals surface area contributed by atoms with Gasteiger partial charge in [0.05, 0.1) is 12.0 Å². The predicted molar refractivity (Wildman–Crippen MR) is 98.0 cm³/mol. The van der Waals surface area contributed by atoms with Crippen LogP contribution in [0, 0.1) is 11.3 Å². The Labute approximate surface area is 152 Å². The third kappa shape index (κ3) is 3.71. The zero-order valence-electron chi connectivity index (χ0n) is 13.7. The molecule has 1 saturated carbocycles. The smallest absolute Gasteiger partial charge is 0.311 e.